The van der Waals surface area contributed by atoms with Crippen LogP contribution < -0.4 is 11.1 Å². The van der Waals surface area contributed by atoms with Crippen LogP contribution in [0.15, 0.2) is 30.6 Å². The number of carbonyl (C=O) groups excluding carboxylic acids is 1. The average molecular weight is 299 g/mol. The first-order valence-corrected chi connectivity index (χ1v) is 6.29. The Labute approximate surface area is 120 Å². The first kappa shape index (κ1) is 13.7. The molecule has 19 heavy (non-hydrogen) atoms. The monoisotopic (exact) mass is 298 g/mol. The van der Waals surface area contributed by atoms with E-state index in [1.165, 1.54) is 4.68 Å². The van der Waals surface area contributed by atoms with Crippen LogP contribution in [-0.4, -0.2) is 15.7 Å². The highest BCUT2D eigenvalue weighted by Gasteiger charge is 2.05. The van der Waals surface area contributed by atoms with Crippen LogP contribution in [0.4, 0.5) is 5.69 Å². The maximum absolute atomic E-state index is 10.7. The molecule has 0 aliphatic rings. The van der Waals surface area contributed by atoms with Gasteiger partial charge in [0.2, 0.25) is 5.91 Å². The molecule has 2 aromatic rings. The van der Waals surface area contributed by atoms with E-state index in [0.717, 1.165) is 11.3 Å². The number of rotatable bonds is 5. The van der Waals surface area contributed by atoms with Crippen molar-refractivity contribution in [2.75, 3.05) is 5.32 Å². The van der Waals surface area contributed by atoms with Crippen LogP contribution >= 0.6 is 23.2 Å². The number of nitrogens with one attached hydrogen (secondary N) is 1. The van der Waals surface area contributed by atoms with Crippen LogP contribution in [0.3, 0.4) is 0 Å². The van der Waals surface area contributed by atoms with Crippen LogP contribution in [0.1, 0.15) is 5.56 Å². The molecule has 0 aliphatic carbocycles. The van der Waals surface area contributed by atoms with Gasteiger partial charge in [0.1, 0.15) is 6.54 Å². The van der Waals surface area contributed by atoms with Crippen LogP contribution in [0.5, 0.6) is 0 Å². The summed E-state index contributed by atoms with van der Waals surface area (Å²) in [6.07, 6.45) is 3.31. The Morgan fingerprint density at radius 1 is 1.42 bits per heavy atom. The van der Waals surface area contributed by atoms with Crippen molar-refractivity contribution in [2.45, 2.75) is 13.1 Å². The Morgan fingerprint density at radius 2 is 2.21 bits per heavy atom. The number of hydrogen-bond donors (Lipinski definition) is 2. The zero-order valence-corrected chi connectivity index (χ0v) is 11.4. The second-order valence-electron chi connectivity index (χ2n) is 3.96. The number of anilines is 1. The zero-order chi connectivity index (χ0) is 13.8. The Kier molecular flexibility index (Phi) is 4.29. The molecule has 0 aliphatic heterocycles. The quantitative estimate of drug-likeness (QED) is 0.889. The number of nitrogens with two attached hydrogens (primary N) is 1. The highest BCUT2D eigenvalue weighted by atomic mass is 35.5. The maximum atomic E-state index is 10.7. The number of aromatic nitrogens is 2. The molecule has 1 heterocycles. The van der Waals surface area contributed by atoms with Gasteiger partial charge in [0.15, 0.2) is 0 Å². The van der Waals surface area contributed by atoms with E-state index in [2.05, 4.69) is 10.4 Å². The standard InChI is InChI=1S/C12H12Cl2N4O/c13-10-3-1-2-8(12(10)14)4-16-9-5-17-18(6-9)7-11(15)19/h1-3,5-6,16H,4,7H2,(H2,15,19). The first-order valence-electron chi connectivity index (χ1n) is 5.54. The van der Waals surface area contributed by atoms with Crippen LogP contribution in [0.2, 0.25) is 10.0 Å². The fourth-order valence-corrected chi connectivity index (χ4v) is 1.97. The summed E-state index contributed by atoms with van der Waals surface area (Å²) in [6, 6.07) is 5.45. The van der Waals surface area contributed by atoms with Crippen molar-refractivity contribution in [3.05, 3.63) is 46.2 Å². The molecule has 0 radical (unpaired) electrons. The molecule has 2 rings (SSSR count). The van der Waals surface area contributed by atoms with Gasteiger partial charge in [0, 0.05) is 12.7 Å². The summed E-state index contributed by atoms with van der Waals surface area (Å²) in [5.74, 6) is -0.437. The SMILES string of the molecule is NC(=O)Cn1cc(NCc2cccc(Cl)c2Cl)cn1. The van der Waals surface area contributed by atoms with Crippen LogP contribution in [-0.2, 0) is 17.9 Å². The summed E-state index contributed by atoms with van der Waals surface area (Å²) in [5, 5.41) is 8.19. The summed E-state index contributed by atoms with van der Waals surface area (Å²) < 4.78 is 1.46. The highest BCUT2D eigenvalue weighted by molar-refractivity contribution is 6.42. The van der Waals surface area contributed by atoms with Crippen LogP contribution in [0.25, 0.3) is 0 Å². The van der Waals surface area contributed by atoms with E-state index in [-0.39, 0.29) is 6.54 Å². The number of amides is 1. The van der Waals surface area contributed by atoms with E-state index in [1.54, 1.807) is 18.5 Å². The molecule has 0 saturated carbocycles. The van der Waals surface area contributed by atoms with E-state index >= 15 is 0 Å². The molecule has 100 valence electrons. The van der Waals surface area contributed by atoms with Crippen molar-refractivity contribution in [2.24, 2.45) is 5.73 Å². The minimum Gasteiger partial charge on any atom is -0.378 e. The average Bonchev–Trinajstić information content (AvgIpc) is 2.78. The van der Waals surface area contributed by atoms with Gasteiger partial charge in [-0.05, 0) is 11.6 Å². The van der Waals surface area contributed by atoms with Crippen molar-refractivity contribution < 1.29 is 4.79 Å². The van der Waals surface area contributed by atoms with Crippen molar-refractivity contribution in [3.63, 3.8) is 0 Å². The third-order valence-electron chi connectivity index (χ3n) is 2.47. The third kappa shape index (κ3) is 3.62. The smallest absolute Gasteiger partial charge is 0.239 e. The topological polar surface area (TPSA) is 72.9 Å². The van der Waals surface area contributed by atoms with Gasteiger partial charge in [-0.25, -0.2) is 0 Å². The second kappa shape index (κ2) is 5.95. The van der Waals surface area contributed by atoms with Gasteiger partial charge in [-0.3, -0.25) is 9.48 Å². The lowest BCUT2D eigenvalue weighted by Crippen LogP contribution is -2.18. The molecule has 7 heteroatoms. The van der Waals surface area contributed by atoms with E-state index in [4.69, 9.17) is 28.9 Å². The summed E-state index contributed by atoms with van der Waals surface area (Å²) in [4.78, 5) is 10.7. The molecule has 0 fully saturated rings. The van der Waals surface area contributed by atoms with Gasteiger partial charge in [0.25, 0.3) is 0 Å². The molecule has 0 spiro atoms. The van der Waals surface area contributed by atoms with E-state index in [0.29, 0.717) is 16.6 Å². The van der Waals surface area contributed by atoms with Crippen molar-refractivity contribution in [1.82, 2.24) is 9.78 Å². The number of benzene rings is 1. The van der Waals surface area contributed by atoms with Crippen molar-refractivity contribution in [1.29, 1.82) is 0 Å². The van der Waals surface area contributed by atoms with E-state index < -0.39 is 5.91 Å². The summed E-state index contributed by atoms with van der Waals surface area (Å²) in [6.45, 7) is 0.571. The molecule has 1 aromatic heterocycles. The highest BCUT2D eigenvalue weighted by Crippen LogP contribution is 2.26. The molecule has 0 saturated heterocycles. The Bertz CT molecular complexity index is 597. The van der Waals surface area contributed by atoms with Crippen molar-refractivity contribution >= 4 is 34.8 Å². The predicted octanol–water partition coefficient (Wildman–Crippen LogP) is 2.29. The van der Waals surface area contributed by atoms with Gasteiger partial charge < -0.3 is 11.1 Å². The van der Waals surface area contributed by atoms with E-state index in [1.807, 2.05) is 12.1 Å². The van der Waals surface area contributed by atoms with Crippen molar-refractivity contribution in [3.8, 4) is 0 Å². The molecule has 0 bridgehead atoms. The van der Waals surface area contributed by atoms with Gasteiger partial charge in [-0.15, -0.1) is 0 Å². The molecule has 0 unspecified atom stereocenters. The lowest BCUT2D eigenvalue weighted by molar-refractivity contribution is -0.118. The molecule has 1 amide bonds. The molecular weight excluding hydrogens is 287 g/mol. The second-order valence-corrected chi connectivity index (χ2v) is 4.74. The lowest BCUT2D eigenvalue weighted by Gasteiger charge is -2.06. The normalized spacial score (nSPS) is 10.4. The molecule has 3 N–H and O–H groups in total. The minimum absolute atomic E-state index is 0.0552. The number of nitrogens with zero attached hydrogens (tertiary/aromatic N) is 2. The largest absolute Gasteiger partial charge is 0.378 e. The molecule has 5 nitrogen and oxygen atoms in total. The van der Waals surface area contributed by atoms with Gasteiger partial charge in [-0.2, -0.15) is 5.10 Å². The first-order chi connectivity index (χ1) is 9.06. The van der Waals surface area contributed by atoms with Gasteiger partial charge in [0.05, 0.1) is 21.9 Å². The third-order valence-corrected chi connectivity index (χ3v) is 3.32. The fraction of sp³-hybridized carbons (Fsp3) is 0.167. The number of hydrogen-bond acceptors (Lipinski definition) is 3. The Balaban J connectivity index is 2.00. The van der Waals surface area contributed by atoms with Crippen LogP contribution in [0, 0.1) is 0 Å². The Morgan fingerprint density at radius 3 is 2.95 bits per heavy atom. The molecule has 0 atom stereocenters. The molecule has 1 aromatic carbocycles. The van der Waals surface area contributed by atoms with Gasteiger partial charge in [-0.1, -0.05) is 35.3 Å². The number of halogens is 2. The summed E-state index contributed by atoms with van der Waals surface area (Å²) in [5.41, 5.74) is 6.74. The summed E-state index contributed by atoms with van der Waals surface area (Å²) >= 11 is 12.0. The number of primary amides is 1. The minimum atomic E-state index is -0.437. The zero-order valence-electron chi connectivity index (χ0n) is 9.94. The predicted molar refractivity (Wildman–Crippen MR) is 75.2 cm³/mol. The number of carbonyl (C=O) groups is 1. The Hall–Kier alpha value is -1.72. The fourth-order valence-electron chi connectivity index (χ4n) is 1.58. The van der Waals surface area contributed by atoms with E-state index in [9.17, 15) is 4.79 Å². The van der Waals surface area contributed by atoms with Gasteiger partial charge >= 0.3 is 0 Å². The summed E-state index contributed by atoms with van der Waals surface area (Å²) in [7, 11) is 0. The molecular formula is C12H12Cl2N4O. The maximum Gasteiger partial charge on any atom is 0.239 e. The lowest BCUT2D eigenvalue weighted by atomic mass is 10.2.